The Morgan fingerprint density at radius 1 is 1.28 bits per heavy atom. The van der Waals surface area contributed by atoms with E-state index < -0.39 is 0 Å². The van der Waals surface area contributed by atoms with Crippen LogP contribution in [0.4, 0.5) is 5.69 Å². The number of rotatable bonds is 2. The molecule has 0 spiro atoms. The van der Waals surface area contributed by atoms with Gasteiger partial charge in [0.1, 0.15) is 0 Å². The molecule has 1 aromatic carbocycles. The van der Waals surface area contributed by atoms with Crippen molar-refractivity contribution in [2.45, 2.75) is 38.1 Å². The molecule has 1 aliphatic carbocycles. The van der Waals surface area contributed by atoms with Crippen molar-refractivity contribution in [2.75, 3.05) is 5.32 Å². The van der Waals surface area contributed by atoms with Crippen LogP contribution in [0.15, 0.2) is 22.7 Å². The van der Waals surface area contributed by atoms with Crippen LogP contribution in [0.25, 0.3) is 0 Å². The summed E-state index contributed by atoms with van der Waals surface area (Å²) >= 11 is 9.63. The third kappa shape index (κ3) is 3.40. The summed E-state index contributed by atoms with van der Waals surface area (Å²) in [5.41, 5.74) is 0.915. The SMILES string of the molecule is N#CC1CCCCCC1Nc1cc(Br)ccc1Cl. The number of nitrogens with zero attached hydrogens (tertiary/aromatic N) is 1. The molecule has 0 radical (unpaired) electrons. The summed E-state index contributed by atoms with van der Waals surface area (Å²) in [6, 6.07) is 8.40. The molecule has 18 heavy (non-hydrogen) atoms. The summed E-state index contributed by atoms with van der Waals surface area (Å²) < 4.78 is 0.997. The highest BCUT2D eigenvalue weighted by atomic mass is 79.9. The number of nitriles is 1. The van der Waals surface area contributed by atoms with Crippen molar-refractivity contribution in [3.8, 4) is 6.07 Å². The molecule has 1 aliphatic rings. The number of benzene rings is 1. The molecule has 0 bridgehead atoms. The Labute approximate surface area is 121 Å². The third-order valence-electron chi connectivity index (χ3n) is 3.45. The zero-order valence-corrected chi connectivity index (χ0v) is 12.5. The molecule has 0 amide bonds. The van der Waals surface area contributed by atoms with Crippen LogP contribution in [0.5, 0.6) is 0 Å². The van der Waals surface area contributed by atoms with Crippen LogP contribution >= 0.6 is 27.5 Å². The highest BCUT2D eigenvalue weighted by molar-refractivity contribution is 9.10. The van der Waals surface area contributed by atoms with Crippen molar-refractivity contribution in [2.24, 2.45) is 5.92 Å². The van der Waals surface area contributed by atoms with Crippen molar-refractivity contribution in [3.05, 3.63) is 27.7 Å². The van der Waals surface area contributed by atoms with Gasteiger partial charge in [0.15, 0.2) is 0 Å². The number of hydrogen-bond acceptors (Lipinski definition) is 2. The number of nitrogens with one attached hydrogen (secondary N) is 1. The molecule has 0 aromatic heterocycles. The summed E-state index contributed by atoms with van der Waals surface area (Å²) in [5.74, 6) is 0.0857. The Morgan fingerprint density at radius 3 is 2.83 bits per heavy atom. The Bertz CT molecular complexity index is 456. The average molecular weight is 328 g/mol. The fraction of sp³-hybridized carbons (Fsp3) is 0.500. The zero-order chi connectivity index (χ0) is 13.0. The number of halogens is 2. The molecular weight excluding hydrogens is 312 g/mol. The fourth-order valence-corrected chi connectivity index (χ4v) is 2.98. The van der Waals surface area contributed by atoms with Gasteiger partial charge < -0.3 is 5.32 Å². The first-order chi connectivity index (χ1) is 8.70. The predicted octanol–water partition coefficient (Wildman–Crippen LogP) is 4.99. The Hall–Kier alpha value is -0.720. The van der Waals surface area contributed by atoms with Crippen molar-refractivity contribution in [3.63, 3.8) is 0 Å². The third-order valence-corrected chi connectivity index (χ3v) is 4.27. The van der Waals surface area contributed by atoms with Crippen LogP contribution in [-0.2, 0) is 0 Å². The summed E-state index contributed by atoms with van der Waals surface area (Å²) in [6.45, 7) is 0. The van der Waals surface area contributed by atoms with E-state index in [1.54, 1.807) is 0 Å². The second-order valence-corrected chi connectivity index (χ2v) is 6.07. The van der Waals surface area contributed by atoms with Crippen LogP contribution in [0.2, 0.25) is 5.02 Å². The summed E-state index contributed by atoms with van der Waals surface area (Å²) in [5, 5.41) is 13.4. The fourth-order valence-electron chi connectivity index (χ4n) is 2.44. The van der Waals surface area contributed by atoms with E-state index in [0.29, 0.717) is 5.02 Å². The lowest BCUT2D eigenvalue weighted by atomic mass is 9.96. The number of anilines is 1. The summed E-state index contributed by atoms with van der Waals surface area (Å²) in [4.78, 5) is 0. The van der Waals surface area contributed by atoms with Crippen molar-refractivity contribution in [1.82, 2.24) is 0 Å². The molecule has 96 valence electrons. The Balaban J connectivity index is 2.15. The first-order valence-electron chi connectivity index (χ1n) is 6.32. The van der Waals surface area contributed by atoms with Gasteiger partial charge in [-0.05, 0) is 31.0 Å². The molecule has 2 nitrogen and oxygen atoms in total. The topological polar surface area (TPSA) is 35.8 Å². The van der Waals surface area contributed by atoms with Gasteiger partial charge >= 0.3 is 0 Å². The molecule has 0 heterocycles. The highest BCUT2D eigenvalue weighted by Gasteiger charge is 2.23. The van der Waals surface area contributed by atoms with Crippen LogP contribution < -0.4 is 5.32 Å². The molecular formula is C14H16BrClN2. The van der Waals surface area contributed by atoms with Crippen LogP contribution in [0.3, 0.4) is 0 Å². The van der Waals surface area contributed by atoms with E-state index in [4.69, 9.17) is 11.6 Å². The van der Waals surface area contributed by atoms with Gasteiger partial charge in [-0.25, -0.2) is 0 Å². The second kappa shape index (κ2) is 6.45. The normalized spacial score (nSPS) is 24.1. The largest absolute Gasteiger partial charge is 0.380 e. The first-order valence-corrected chi connectivity index (χ1v) is 7.49. The van der Waals surface area contributed by atoms with Crippen molar-refractivity contribution < 1.29 is 0 Å². The minimum Gasteiger partial charge on any atom is -0.380 e. The average Bonchev–Trinajstić information content (AvgIpc) is 2.59. The van der Waals surface area contributed by atoms with E-state index in [1.807, 2.05) is 18.2 Å². The van der Waals surface area contributed by atoms with Gasteiger partial charge in [-0.3, -0.25) is 0 Å². The molecule has 4 heteroatoms. The van der Waals surface area contributed by atoms with E-state index in [-0.39, 0.29) is 12.0 Å². The lowest BCUT2D eigenvalue weighted by Gasteiger charge is -2.22. The molecule has 1 N–H and O–H groups in total. The molecule has 2 rings (SSSR count). The van der Waals surface area contributed by atoms with Gasteiger partial charge in [0.25, 0.3) is 0 Å². The van der Waals surface area contributed by atoms with Gasteiger partial charge in [-0.15, -0.1) is 0 Å². The Morgan fingerprint density at radius 2 is 2.06 bits per heavy atom. The van der Waals surface area contributed by atoms with Crippen LogP contribution in [0, 0.1) is 17.2 Å². The highest BCUT2D eigenvalue weighted by Crippen LogP contribution is 2.30. The summed E-state index contributed by atoms with van der Waals surface area (Å²) in [7, 11) is 0. The smallest absolute Gasteiger partial charge is 0.0677 e. The van der Waals surface area contributed by atoms with Crippen molar-refractivity contribution >= 4 is 33.2 Å². The van der Waals surface area contributed by atoms with Gasteiger partial charge in [0, 0.05) is 10.5 Å². The molecule has 2 unspecified atom stereocenters. The van der Waals surface area contributed by atoms with Crippen LogP contribution in [0.1, 0.15) is 32.1 Å². The monoisotopic (exact) mass is 326 g/mol. The predicted molar refractivity (Wildman–Crippen MR) is 78.8 cm³/mol. The van der Waals surface area contributed by atoms with Gasteiger partial charge in [-0.1, -0.05) is 46.8 Å². The quantitative estimate of drug-likeness (QED) is 0.777. The minimum atomic E-state index is 0.0857. The maximum absolute atomic E-state index is 9.26. The van der Waals surface area contributed by atoms with Crippen molar-refractivity contribution in [1.29, 1.82) is 5.26 Å². The number of hydrogen-bond donors (Lipinski definition) is 1. The standard InChI is InChI=1S/C14H16BrClN2/c15-11-6-7-12(16)14(8-11)18-13-5-3-1-2-4-10(13)9-17/h6-8,10,13,18H,1-5H2. The van der Waals surface area contributed by atoms with E-state index in [0.717, 1.165) is 29.4 Å². The molecule has 2 atom stereocenters. The van der Waals surface area contributed by atoms with E-state index in [9.17, 15) is 5.26 Å². The minimum absolute atomic E-state index is 0.0857. The molecule has 1 aromatic rings. The summed E-state index contributed by atoms with van der Waals surface area (Å²) in [6.07, 6.45) is 5.59. The maximum Gasteiger partial charge on any atom is 0.0677 e. The van der Waals surface area contributed by atoms with E-state index in [2.05, 4.69) is 27.3 Å². The first kappa shape index (κ1) is 13.7. The zero-order valence-electron chi connectivity index (χ0n) is 10.1. The maximum atomic E-state index is 9.26. The Kier molecular flexibility index (Phi) is 4.91. The lowest BCUT2D eigenvalue weighted by Crippen LogP contribution is -2.27. The van der Waals surface area contributed by atoms with Crippen LogP contribution in [-0.4, -0.2) is 6.04 Å². The second-order valence-electron chi connectivity index (χ2n) is 4.75. The molecule has 0 saturated heterocycles. The van der Waals surface area contributed by atoms with Gasteiger partial charge in [0.2, 0.25) is 0 Å². The molecule has 1 saturated carbocycles. The molecule has 1 fully saturated rings. The van der Waals surface area contributed by atoms with Gasteiger partial charge in [-0.2, -0.15) is 5.26 Å². The van der Waals surface area contributed by atoms with E-state index in [1.165, 1.54) is 12.8 Å². The van der Waals surface area contributed by atoms with Gasteiger partial charge in [0.05, 0.1) is 22.7 Å². The lowest BCUT2D eigenvalue weighted by molar-refractivity contribution is 0.514. The molecule has 0 aliphatic heterocycles. The van der Waals surface area contributed by atoms with E-state index >= 15 is 0 Å².